The van der Waals surface area contributed by atoms with Gasteiger partial charge >= 0.3 is 18.1 Å². The van der Waals surface area contributed by atoms with Crippen LogP contribution in [0.5, 0.6) is 0 Å². The van der Waals surface area contributed by atoms with E-state index in [9.17, 15) is 22.8 Å². The molecular formula is C9H10F3N3O3. The molecule has 0 bridgehead atoms. The third kappa shape index (κ3) is 3.22. The molecule has 2 N–H and O–H groups in total. The molecule has 1 unspecified atom stereocenters. The molecule has 0 aliphatic heterocycles. The predicted molar refractivity (Wildman–Crippen MR) is 52.5 cm³/mol. The van der Waals surface area contributed by atoms with E-state index >= 15 is 0 Å². The summed E-state index contributed by atoms with van der Waals surface area (Å²) < 4.78 is 37.4. The number of carboxylic acids is 1. The molecular weight excluding hydrogens is 255 g/mol. The third-order valence-corrected chi connectivity index (χ3v) is 2.16. The Bertz CT molecular complexity index is 444. The summed E-state index contributed by atoms with van der Waals surface area (Å²) in [6.07, 6.45) is -2.42. The van der Waals surface area contributed by atoms with E-state index in [-0.39, 0.29) is 0 Å². The van der Waals surface area contributed by atoms with Crippen molar-refractivity contribution in [2.24, 2.45) is 0 Å². The number of amides is 1. The first-order valence-corrected chi connectivity index (χ1v) is 4.75. The van der Waals surface area contributed by atoms with Gasteiger partial charge in [-0.3, -0.25) is 9.48 Å². The molecule has 1 atom stereocenters. The van der Waals surface area contributed by atoms with Crippen molar-refractivity contribution in [2.45, 2.75) is 25.2 Å². The number of carbonyl (C=O) groups is 2. The number of rotatable bonds is 4. The van der Waals surface area contributed by atoms with Crippen LogP contribution in [0, 0.1) is 0 Å². The molecule has 1 rings (SSSR count). The van der Waals surface area contributed by atoms with Crippen molar-refractivity contribution in [3.8, 4) is 0 Å². The van der Waals surface area contributed by atoms with Crippen LogP contribution in [0.1, 0.15) is 6.92 Å². The summed E-state index contributed by atoms with van der Waals surface area (Å²) in [4.78, 5) is 21.8. The Kier molecular flexibility index (Phi) is 3.63. The molecule has 100 valence electrons. The lowest BCUT2D eigenvalue weighted by Gasteiger charge is -2.26. The molecule has 0 saturated carbocycles. The van der Waals surface area contributed by atoms with Gasteiger partial charge in [-0.1, -0.05) is 0 Å². The molecule has 0 radical (unpaired) electrons. The number of aromatic nitrogens is 2. The van der Waals surface area contributed by atoms with E-state index in [0.717, 1.165) is 11.6 Å². The highest BCUT2D eigenvalue weighted by Gasteiger charge is 2.45. The van der Waals surface area contributed by atoms with Crippen molar-refractivity contribution in [3.05, 3.63) is 18.5 Å². The molecule has 1 amide bonds. The second-order valence-electron chi connectivity index (χ2n) is 3.79. The lowest BCUT2D eigenvalue weighted by atomic mass is 10.0. The molecule has 0 spiro atoms. The Balaban J connectivity index is 2.88. The Morgan fingerprint density at radius 3 is 2.44 bits per heavy atom. The highest BCUT2D eigenvalue weighted by molar-refractivity contribution is 5.89. The minimum atomic E-state index is -5.14. The number of carbonyl (C=O) groups excluding carboxylic acids is 1. The van der Waals surface area contributed by atoms with Crippen molar-refractivity contribution in [1.82, 2.24) is 15.1 Å². The average molecular weight is 265 g/mol. The Hall–Kier alpha value is -2.06. The van der Waals surface area contributed by atoms with Crippen LogP contribution in [0.15, 0.2) is 18.5 Å². The van der Waals surface area contributed by atoms with Crippen molar-refractivity contribution >= 4 is 11.9 Å². The van der Waals surface area contributed by atoms with E-state index in [1.165, 1.54) is 23.8 Å². The monoisotopic (exact) mass is 265 g/mol. The van der Waals surface area contributed by atoms with Crippen LogP contribution in [-0.2, 0) is 16.1 Å². The summed E-state index contributed by atoms with van der Waals surface area (Å²) in [6, 6.07) is 1.48. The smallest absolute Gasteiger partial charge is 0.471 e. The standard InChI is InChI=1S/C9H10F3N3O3/c1-8(7(17)18,5-15-4-2-3-13-15)14-6(16)9(10,11)12/h2-4H,5H2,1H3,(H,14,16)(H,17,18). The number of alkyl halides is 3. The van der Waals surface area contributed by atoms with Crippen LogP contribution in [0.3, 0.4) is 0 Å². The molecule has 0 aliphatic carbocycles. The molecule has 0 aliphatic rings. The molecule has 1 aromatic heterocycles. The van der Waals surface area contributed by atoms with E-state index in [1.54, 1.807) is 0 Å². The second kappa shape index (κ2) is 4.67. The molecule has 0 fully saturated rings. The van der Waals surface area contributed by atoms with Crippen LogP contribution in [0.4, 0.5) is 13.2 Å². The minimum Gasteiger partial charge on any atom is -0.479 e. The van der Waals surface area contributed by atoms with Gasteiger partial charge in [0, 0.05) is 12.4 Å². The fraction of sp³-hybridized carbons (Fsp3) is 0.444. The van der Waals surface area contributed by atoms with Gasteiger partial charge < -0.3 is 10.4 Å². The summed E-state index contributed by atoms with van der Waals surface area (Å²) in [6.45, 7) is 0.553. The van der Waals surface area contributed by atoms with E-state index < -0.39 is 30.1 Å². The fourth-order valence-electron chi connectivity index (χ4n) is 1.20. The van der Waals surface area contributed by atoms with Gasteiger partial charge in [-0.2, -0.15) is 18.3 Å². The zero-order chi connectivity index (χ0) is 14.0. The van der Waals surface area contributed by atoms with Crippen molar-refractivity contribution in [3.63, 3.8) is 0 Å². The summed E-state index contributed by atoms with van der Waals surface area (Å²) >= 11 is 0. The topological polar surface area (TPSA) is 84.2 Å². The average Bonchev–Trinajstić information content (AvgIpc) is 2.68. The highest BCUT2D eigenvalue weighted by Crippen LogP contribution is 2.17. The predicted octanol–water partition coefficient (Wildman–Crippen LogP) is 0.405. The van der Waals surface area contributed by atoms with Gasteiger partial charge in [-0.25, -0.2) is 4.79 Å². The van der Waals surface area contributed by atoms with Gasteiger partial charge in [0.1, 0.15) is 0 Å². The van der Waals surface area contributed by atoms with Crippen LogP contribution in [-0.4, -0.2) is 38.5 Å². The fourth-order valence-corrected chi connectivity index (χ4v) is 1.20. The molecule has 18 heavy (non-hydrogen) atoms. The number of halogens is 3. The van der Waals surface area contributed by atoms with E-state index in [0.29, 0.717) is 0 Å². The van der Waals surface area contributed by atoms with Crippen LogP contribution < -0.4 is 5.32 Å². The summed E-state index contributed by atoms with van der Waals surface area (Å²) in [5.74, 6) is -3.89. The van der Waals surface area contributed by atoms with Gasteiger partial charge in [0.05, 0.1) is 6.54 Å². The Labute approximate surface area is 99.4 Å². The molecule has 9 heteroatoms. The van der Waals surface area contributed by atoms with Gasteiger partial charge in [0.2, 0.25) is 0 Å². The largest absolute Gasteiger partial charge is 0.479 e. The Morgan fingerprint density at radius 1 is 1.44 bits per heavy atom. The second-order valence-corrected chi connectivity index (χ2v) is 3.79. The summed E-state index contributed by atoms with van der Waals surface area (Å²) in [7, 11) is 0. The maximum atomic E-state index is 12.1. The first-order valence-electron chi connectivity index (χ1n) is 4.75. The van der Waals surface area contributed by atoms with Crippen LogP contribution >= 0.6 is 0 Å². The number of nitrogens with zero attached hydrogens (tertiary/aromatic N) is 2. The third-order valence-electron chi connectivity index (χ3n) is 2.16. The normalized spacial score (nSPS) is 14.9. The number of hydrogen-bond acceptors (Lipinski definition) is 3. The van der Waals surface area contributed by atoms with Gasteiger partial charge in [-0.15, -0.1) is 0 Å². The van der Waals surface area contributed by atoms with Crippen molar-refractivity contribution < 1.29 is 27.9 Å². The number of hydrogen-bond donors (Lipinski definition) is 2. The number of nitrogens with one attached hydrogen (secondary N) is 1. The molecule has 1 aromatic rings. The Morgan fingerprint density at radius 2 is 2.06 bits per heavy atom. The van der Waals surface area contributed by atoms with Crippen molar-refractivity contribution in [1.29, 1.82) is 0 Å². The zero-order valence-electron chi connectivity index (χ0n) is 9.23. The molecule has 0 saturated heterocycles. The number of aliphatic carboxylic acids is 1. The van der Waals surface area contributed by atoms with E-state index in [2.05, 4.69) is 5.10 Å². The van der Waals surface area contributed by atoms with E-state index in [1.807, 2.05) is 0 Å². The molecule has 1 heterocycles. The van der Waals surface area contributed by atoms with E-state index in [4.69, 9.17) is 5.11 Å². The number of carboxylic acid groups (broad SMARTS) is 1. The van der Waals surface area contributed by atoms with Gasteiger partial charge in [0.15, 0.2) is 5.54 Å². The molecule has 6 nitrogen and oxygen atoms in total. The lowest BCUT2D eigenvalue weighted by molar-refractivity contribution is -0.177. The van der Waals surface area contributed by atoms with Crippen LogP contribution in [0.2, 0.25) is 0 Å². The van der Waals surface area contributed by atoms with Crippen molar-refractivity contribution in [2.75, 3.05) is 0 Å². The SMILES string of the molecule is CC(Cn1cccn1)(NC(=O)C(F)(F)F)C(=O)O. The quantitative estimate of drug-likeness (QED) is 0.825. The first kappa shape index (κ1) is 14.0. The van der Waals surface area contributed by atoms with Crippen LogP contribution in [0.25, 0.3) is 0 Å². The van der Waals surface area contributed by atoms with Gasteiger partial charge in [0.25, 0.3) is 0 Å². The zero-order valence-corrected chi connectivity index (χ0v) is 9.23. The maximum absolute atomic E-state index is 12.1. The molecule has 0 aromatic carbocycles. The van der Waals surface area contributed by atoms with Gasteiger partial charge in [-0.05, 0) is 13.0 Å². The first-order chi connectivity index (χ1) is 8.15. The maximum Gasteiger partial charge on any atom is 0.471 e. The highest BCUT2D eigenvalue weighted by atomic mass is 19.4. The summed E-state index contributed by atoms with van der Waals surface area (Å²) in [5, 5.41) is 14.0. The minimum absolute atomic E-state index is 0.419. The summed E-state index contributed by atoms with van der Waals surface area (Å²) in [5.41, 5.74) is -2.10. The lowest BCUT2D eigenvalue weighted by Crippen LogP contribution is -2.58.